The van der Waals surface area contributed by atoms with Crippen molar-refractivity contribution in [2.24, 2.45) is 5.92 Å². The topological polar surface area (TPSA) is 54.0 Å². The van der Waals surface area contributed by atoms with Gasteiger partial charge in [0.2, 0.25) is 0 Å². The lowest BCUT2D eigenvalue weighted by molar-refractivity contribution is -0.0676. The molecule has 0 radical (unpaired) electrons. The Balaban J connectivity index is 1.19. The van der Waals surface area contributed by atoms with Crippen LogP contribution in [0, 0.1) is 11.7 Å². The minimum atomic E-state index is -0.656. The Labute approximate surface area is 178 Å². The number of halogens is 1. The van der Waals surface area contributed by atoms with E-state index >= 15 is 0 Å². The summed E-state index contributed by atoms with van der Waals surface area (Å²) in [5.74, 6) is 1.25. The maximum absolute atomic E-state index is 14.1. The predicted molar refractivity (Wildman–Crippen MR) is 113 cm³/mol. The van der Waals surface area contributed by atoms with Gasteiger partial charge in [0.1, 0.15) is 11.6 Å². The first-order valence-corrected chi connectivity index (χ1v) is 11.6. The fourth-order valence-corrected chi connectivity index (χ4v) is 5.64. The number of likely N-dealkylation sites (tertiary alicyclic amines) is 1. The van der Waals surface area contributed by atoms with Gasteiger partial charge in [0.25, 0.3) is 0 Å². The molecule has 5 nitrogen and oxygen atoms in total. The standard InChI is InChI=1S/C24H35FN2O3/c1-23(2,28)17-9-20(10-17)30-22-4-3-18(25)11-21(22)16-5-7-27(8-6-16)19-12-24(29-13-19)14-26-15-24/h3-4,11,16-17,19-20,26,28H,5-10,12-15H2,1-2H3. The van der Waals surface area contributed by atoms with Crippen LogP contribution in [0.25, 0.3) is 0 Å². The molecule has 30 heavy (non-hydrogen) atoms. The summed E-state index contributed by atoms with van der Waals surface area (Å²) in [6.45, 7) is 8.60. The quantitative estimate of drug-likeness (QED) is 0.770. The molecule has 166 valence electrons. The molecule has 2 N–H and O–H groups in total. The Hall–Kier alpha value is -1.21. The second-order valence-corrected chi connectivity index (χ2v) is 10.5. The highest BCUT2D eigenvalue weighted by atomic mass is 19.1. The first-order valence-electron chi connectivity index (χ1n) is 11.6. The third kappa shape index (κ3) is 3.99. The van der Waals surface area contributed by atoms with Crippen LogP contribution in [0.15, 0.2) is 18.2 Å². The molecule has 5 rings (SSSR count). The first kappa shape index (κ1) is 20.7. The molecule has 3 heterocycles. The number of piperidine rings is 1. The lowest BCUT2D eigenvalue weighted by atomic mass is 9.72. The molecule has 4 fully saturated rings. The second kappa shape index (κ2) is 7.73. The van der Waals surface area contributed by atoms with Crippen LogP contribution in [0.3, 0.4) is 0 Å². The lowest BCUT2D eigenvalue weighted by Gasteiger charge is -2.43. The zero-order chi connectivity index (χ0) is 20.9. The summed E-state index contributed by atoms with van der Waals surface area (Å²) >= 11 is 0. The summed E-state index contributed by atoms with van der Waals surface area (Å²) in [7, 11) is 0. The molecular weight excluding hydrogens is 383 g/mol. The highest BCUT2D eigenvalue weighted by Gasteiger charge is 2.47. The molecule has 0 amide bonds. The van der Waals surface area contributed by atoms with E-state index in [2.05, 4.69) is 10.2 Å². The number of nitrogens with zero attached hydrogens (tertiary/aromatic N) is 1. The van der Waals surface area contributed by atoms with Crippen LogP contribution in [0.1, 0.15) is 57.4 Å². The van der Waals surface area contributed by atoms with Crippen LogP contribution in [0.4, 0.5) is 4.39 Å². The highest BCUT2D eigenvalue weighted by Crippen LogP contribution is 2.42. The van der Waals surface area contributed by atoms with Crippen molar-refractivity contribution in [3.05, 3.63) is 29.6 Å². The maximum atomic E-state index is 14.1. The van der Waals surface area contributed by atoms with Crippen molar-refractivity contribution >= 4 is 0 Å². The summed E-state index contributed by atoms with van der Waals surface area (Å²) < 4.78 is 26.5. The molecule has 3 aliphatic heterocycles. The summed E-state index contributed by atoms with van der Waals surface area (Å²) in [6, 6.07) is 5.49. The molecule has 1 aromatic carbocycles. The van der Waals surface area contributed by atoms with Crippen molar-refractivity contribution in [3.8, 4) is 5.75 Å². The van der Waals surface area contributed by atoms with E-state index in [0.29, 0.717) is 12.0 Å². The van der Waals surface area contributed by atoms with Gasteiger partial charge in [0, 0.05) is 24.7 Å². The van der Waals surface area contributed by atoms with E-state index in [1.807, 2.05) is 13.8 Å². The summed E-state index contributed by atoms with van der Waals surface area (Å²) in [5.41, 5.74) is 0.453. The Morgan fingerprint density at radius 1 is 1.23 bits per heavy atom. The van der Waals surface area contributed by atoms with Crippen LogP contribution >= 0.6 is 0 Å². The zero-order valence-electron chi connectivity index (χ0n) is 18.2. The number of hydrogen-bond donors (Lipinski definition) is 2. The monoisotopic (exact) mass is 418 g/mol. The Morgan fingerprint density at radius 3 is 2.57 bits per heavy atom. The molecular formula is C24H35FN2O3. The van der Waals surface area contributed by atoms with Crippen LogP contribution < -0.4 is 10.1 Å². The van der Waals surface area contributed by atoms with Gasteiger partial charge in [-0.2, -0.15) is 0 Å². The summed E-state index contributed by atoms with van der Waals surface area (Å²) in [4.78, 5) is 2.57. The van der Waals surface area contributed by atoms with Crippen LogP contribution in [0.5, 0.6) is 5.75 Å². The number of benzene rings is 1. The number of nitrogens with one attached hydrogen (secondary N) is 1. The fraction of sp³-hybridized carbons (Fsp3) is 0.750. The normalized spacial score (nSPS) is 32.1. The van der Waals surface area contributed by atoms with Crippen molar-refractivity contribution in [1.82, 2.24) is 10.2 Å². The van der Waals surface area contributed by atoms with Gasteiger partial charge < -0.3 is 19.9 Å². The van der Waals surface area contributed by atoms with Crippen molar-refractivity contribution in [2.75, 3.05) is 32.8 Å². The van der Waals surface area contributed by atoms with Crippen LogP contribution in [-0.2, 0) is 4.74 Å². The second-order valence-electron chi connectivity index (χ2n) is 10.5. The van der Waals surface area contributed by atoms with E-state index in [1.54, 1.807) is 12.1 Å². The fourth-order valence-electron chi connectivity index (χ4n) is 5.64. The number of ether oxygens (including phenoxy) is 2. The van der Waals surface area contributed by atoms with Gasteiger partial charge in [0.05, 0.1) is 23.9 Å². The van der Waals surface area contributed by atoms with Crippen molar-refractivity contribution in [1.29, 1.82) is 0 Å². The SMILES string of the molecule is CC(C)(O)C1CC(Oc2ccc(F)cc2C2CCN(C3COC4(CNC4)C3)CC2)C1. The predicted octanol–water partition coefficient (Wildman–Crippen LogP) is 3.06. The summed E-state index contributed by atoms with van der Waals surface area (Å²) in [5, 5.41) is 13.5. The lowest BCUT2D eigenvalue weighted by Crippen LogP contribution is -2.59. The van der Waals surface area contributed by atoms with Crippen LogP contribution in [0.2, 0.25) is 0 Å². The van der Waals surface area contributed by atoms with E-state index in [4.69, 9.17) is 9.47 Å². The largest absolute Gasteiger partial charge is 0.490 e. The number of aliphatic hydroxyl groups is 1. The first-order chi connectivity index (χ1) is 14.3. The minimum absolute atomic E-state index is 0.0921. The van der Waals surface area contributed by atoms with E-state index in [1.165, 1.54) is 6.07 Å². The molecule has 1 spiro atoms. The highest BCUT2D eigenvalue weighted by molar-refractivity contribution is 5.37. The zero-order valence-corrected chi connectivity index (χ0v) is 18.2. The van der Waals surface area contributed by atoms with Crippen molar-refractivity contribution in [3.63, 3.8) is 0 Å². The van der Waals surface area contributed by atoms with Gasteiger partial charge in [-0.25, -0.2) is 4.39 Å². The van der Waals surface area contributed by atoms with Gasteiger partial charge in [-0.3, -0.25) is 4.90 Å². The molecule has 1 saturated carbocycles. The van der Waals surface area contributed by atoms with Crippen molar-refractivity contribution in [2.45, 2.75) is 75.2 Å². The molecule has 3 saturated heterocycles. The van der Waals surface area contributed by atoms with E-state index in [9.17, 15) is 9.50 Å². The van der Waals surface area contributed by atoms with Gasteiger partial charge >= 0.3 is 0 Å². The van der Waals surface area contributed by atoms with E-state index in [0.717, 1.165) is 76.2 Å². The minimum Gasteiger partial charge on any atom is -0.490 e. The molecule has 1 unspecified atom stereocenters. The molecule has 1 aliphatic carbocycles. The molecule has 6 heteroatoms. The molecule has 4 aliphatic rings. The average molecular weight is 419 g/mol. The van der Waals surface area contributed by atoms with Gasteiger partial charge in [-0.15, -0.1) is 0 Å². The Kier molecular flexibility index (Phi) is 5.33. The van der Waals surface area contributed by atoms with E-state index < -0.39 is 5.60 Å². The van der Waals surface area contributed by atoms with Crippen molar-refractivity contribution < 1.29 is 19.0 Å². The summed E-state index contributed by atoms with van der Waals surface area (Å²) in [6.07, 6.45) is 5.02. The molecule has 0 aromatic heterocycles. The maximum Gasteiger partial charge on any atom is 0.123 e. The number of hydrogen-bond acceptors (Lipinski definition) is 5. The Morgan fingerprint density at radius 2 is 1.97 bits per heavy atom. The van der Waals surface area contributed by atoms with Gasteiger partial charge in [0.15, 0.2) is 0 Å². The van der Waals surface area contributed by atoms with Gasteiger partial charge in [-0.1, -0.05) is 0 Å². The van der Waals surface area contributed by atoms with E-state index in [-0.39, 0.29) is 23.4 Å². The van der Waals surface area contributed by atoms with Gasteiger partial charge in [-0.05, 0) is 89.1 Å². The molecule has 1 aromatic rings. The third-order valence-corrected chi connectivity index (χ3v) is 7.93. The Bertz CT molecular complexity index is 762. The molecule has 0 bridgehead atoms. The number of rotatable bonds is 5. The molecule has 1 atom stereocenters. The van der Waals surface area contributed by atoms with Crippen LogP contribution in [-0.4, -0.2) is 66.1 Å². The average Bonchev–Trinajstić information content (AvgIpc) is 3.11. The third-order valence-electron chi connectivity index (χ3n) is 7.93. The smallest absolute Gasteiger partial charge is 0.123 e.